The lowest BCUT2D eigenvalue weighted by Crippen LogP contribution is -3.00. The van der Waals surface area contributed by atoms with Gasteiger partial charge in [-0.3, -0.25) is 0 Å². The standard InChI is InChI=1S/C36H40N2O2.2BrH/c39-35-15-9-7-13-33(35)19-17-31-21-27-37(28-22-31)25-11-5-3-1-2-4-6-12-26-38-29-23-32(24-30-38)18-20-34-14-8-10-16-36(34)40;;/h7-10,13-24,27-30H,1-6,11-12,25-26H2;2*1H. The van der Waals surface area contributed by atoms with E-state index in [0.717, 1.165) is 35.3 Å². The molecule has 222 valence electrons. The lowest BCUT2D eigenvalue weighted by molar-refractivity contribution is -0.697. The van der Waals surface area contributed by atoms with Crippen molar-refractivity contribution in [2.75, 3.05) is 0 Å². The molecule has 0 amide bonds. The van der Waals surface area contributed by atoms with Gasteiger partial charge in [-0.25, -0.2) is 9.13 Å². The Kier molecular flexibility index (Phi) is 16.5. The number of aromatic nitrogens is 2. The van der Waals surface area contributed by atoms with E-state index in [0.29, 0.717) is 11.5 Å². The Bertz CT molecular complexity index is 1260. The predicted octanol–water partition coefficient (Wildman–Crippen LogP) is 1.84. The third-order valence-electron chi connectivity index (χ3n) is 7.20. The van der Waals surface area contributed by atoms with Crippen LogP contribution in [0.2, 0.25) is 0 Å². The number of rotatable bonds is 15. The first-order valence-electron chi connectivity index (χ1n) is 14.6. The Morgan fingerprint density at radius 3 is 1.12 bits per heavy atom. The number of pyridine rings is 2. The number of hydrogen-bond donors (Lipinski definition) is 2. The summed E-state index contributed by atoms with van der Waals surface area (Å²) in [5, 5.41) is 19.8. The number of nitrogens with zero attached hydrogens (tertiary/aromatic N) is 2. The van der Waals surface area contributed by atoms with Crippen LogP contribution in [0.15, 0.2) is 97.6 Å². The van der Waals surface area contributed by atoms with Crippen LogP contribution in [0.1, 0.15) is 73.6 Å². The molecule has 0 spiro atoms. The first kappa shape index (κ1) is 35.0. The van der Waals surface area contributed by atoms with Crippen LogP contribution in [-0.4, -0.2) is 10.2 Å². The van der Waals surface area contributed by atoms with Crippen LogP contribution in [0.25, 0.3) is 24.3 Å². The minimum absolute atomic E-state index is 0. The number of phenols is 2. The molecule has 0 bridgehead atoms. The molecule has 0 aliphatic rings. The molecular weight excluding hydrogens is 652 g/mol. The molecule has 0 aliphatic carbocycles. The van der Waals surface area contributed by atoms with Crippen LogP contribution in [-0.2, 0) is 13.1 Å². The molecular formula is C36H42Br2N2O2. The fourth-order valence-electron chi connectivity index (χ4n) is 4.74. The van der Waals surface area contributed by atoms with E-state index in [9.17, 15) is 10.2 Å². The van der Waals surface area contributed by atoms with Gasteiger partial charge in [-0.15, -0.1) is 0 Å². The molecule has 4 aromatic rings. The number of aryl methyl sites for hydroxylation is 2. The molecule has 0 saturated carbocycles. The van der Waals surface area contributed by atoms with Crippen LogP contribution < -0.4 is 43.1 Å². The minimum atomic E-state index is 0. The average Bonchev–Trinajstić information content (AvgIpc) is 2.98. The van der Waals surface area contributed by atoms with E-state index < -0.39 is 0 Å². The van der Waals surface area contributed by atoms with E-state index >= 15 is 0 Å². The number of halogens is 2. The van der Waals surface area contributed by atoms with Crippen molar-refractivity contribution < 1.29 is 53.3 Å². The first-order chi connectivity index (χ1) is 19.7. The highest BCUT2D eigenvalue weighted by atomic mass is 79.9. The highest BCUT2D eigenvalue weighted by Gasteiger charge is 2.03. The quantitative estimate of drug-likeness (QED) is 0.148. The molecule has 2 N–H and O–H groups in total. The number of aromatic hydroxyl groups is 2. The first-order valence-corrected chi connectivity index (χ1v) is 14.6. The molecule has 2 aromatic heterocycles. The molecule has 0 unspecified atom stereocenters. The predicted molar refractivity (Wildman–Crippen MR) is 164 cm³/mol. The van der Waals surface area contributed by atoms with Gasteiger partial charge >= 0.3 is 0 Å². The van der Waals surface area contributed by atoms with Crippen LogP contribution >= 0.6 is 0 Å². The second kappa shape index (κ2) is 19.8. The number of phenolic OH excluding ortho intramolecular Hbond substituents is 2. The van der Waals surface area contributed by atoms with E-state index in [-0.39, 0.29) is 34.0 Å². The largest absolute Gasteiger partial charge is 1.00 e. The zero-order valence-corrected chi connectivity index (χ0v) is 27.3. The Hall–Kier alpha value is -3.22. The summed E-state index contributed by atoms with van der Waals surface area (Å²) in [7, 11) is 0. The highest BCUT2D eigenvalue weighted by molar-refractivity contribution is 5.72. The van der Waals surface area contributed by atoms with Crippen molar-refractivity contribution in [3.05, 3.63) is 120 Å². The van der Waals surface area contributed by atoms with Crippen molar-refractivity contribution in [1.82, 2.24) is 0 Å². The van der Waals surface area contributed by atoms with Gasteiger partial charge in [-0.2, -0.15) is 0 Å². The van der Waals surface area contributed by atoms with Crippen LogP contribution in [0, 0.1) is 0 Å². The van der Waals surface area contributed by atoms with Gasteiger partial charge in [0.15, 0.2) is 24.8 Å². The van der Waals surface area contributed by atoms with Gasteiger partial charge in [0.2, 0.25) is 0 Å². The summed E-state index contributed by atoms with van der Waals surface area (Å²) in [4.78, 5) is 0. The lowest BCUT2D eigenvalue weighted by Gasteiger charge is -2.02. The van der Waals surface area contributed by atoms with Crippen LogP contribution in [0.5, 0.6) is 11.5 Å². The molecule has 0 fully saturated rings. The topological polar surface area (TPSA) is 48.2 Å². The highest BCUT2D eigenvalue weighted by Crippen LogP contribution is 2.19. The van der Waals surface area contributed by atoms with Crippen molar-refractivity contribution in [2.24, 2.45) is 0 Å². The molecule has 42 heavy (non-hydrogen) atoms. The zero-order chi connectivity index (χ0) is 27.8. The van der Waals surface area contributed by atoms with Gasteiger partial charge < -0.3 is 44.2 Å². The van der Waals surface area contributed by atoms with Crippen molar-refractivity contribution in [3.63, 3.8) is 0 Å². The van der Waals surface area contributed by atoms with Gasteiger partial charge in [0.05, 0.1) is 0 Å². The molecule has 0 saturated heterocycles. The summed E-state index contributed by atoms with van der Waals surface area (Å²) < 4.78 is 4.51. The van der Waals surface area contributed by atoms with Gasteiger partial charge in [0.1, 0.15) is 24.6 Å². The summed E-state index contributed by atoms with van der Waals surface area (Å²) in [6, 6.07) is 23.3. The SMILES string of the molecule is Oc1ccccc1/C=C/c1cc[n+](CCCCCCCCCC[n+]2ccc(/C=C/c3ccccc3O)cc2)cc1.[Br-].[Br-]. The van der Waals surface area contributed by atoms with E-state index in [4.69, 9.17) is 0 Å². The molecule has 4 nitrogen and oxygen atoms in total. The van der Waals surface area contributed by atoms with Crippen molar-refractivity contribution in [3.8, 4) is 11.5 Å². The molecule has 2 aromatic carbocycles. The maximum Gasteiger partial charge on any atom is 0.169 e. The molecule has 2 heterocycles. The van der Waals surface area contributed by atoms with Crippen molar-refractivity contribution in [2.45, 2.75) is 64.5 Å². The fraction of sp³-hybridized carbons (Fsp3) is 0.278. The van der Waals surface area contributed by atoms with Gasteiger partial charge in [-0.1, -0.05) is 86.4 Å². The van der Waals surface area contributed by atoms with Crippen molar-refractivity contribution >= 4 is 24.3 Å². The second-order valence-electron chi connectivity index (χ2n) is 10.4. The number of para-hydroxylation sites is 2. The Morgan fingerprint density at radius 1 is 0.429 bits per heavy atom. The third-order valence-corrected chi connectivity index (χ3v) is 7.20. The molecule has 0 radical (unpaired) electrons. The number of benzene rings is 2. The van der Waals surface area contributed by atoms with E-state index in [1.165, 1.54) is 51.4 Å². The van der Waals surface area contributed by atoms with E-state index in [1.807, 2.05) is 60.7 Å². The average molecular weight is 695 g/mol. The summed E-state index contributed by atoms with van der Waals surface area (Å²) >= 11 is 0. The fourth-order valence-corrected chi connectivity index (χ4v) is 4.74. The third kappa shape index (κ3) is 12.3. The summed E-state index contributed by atoms with van der Waals surface area (Å²) in [6.07, 6.45) is 26.8. The summed E-state index contributed by atoms with van der Waals surface area (Å²) in [5.41, 5.74) is 3.93. The normalized spacial score (nSPS) is 11.0. The van der Waals surface area contributed by atoms with Gasteiger partial charge in [0.25, 0.3) is 0 Å². The maximum absolute atomic E-state index is 9.88. The molecule has 4 rings (SSSR count). The smallest absolute Gasteiger partial charge is 0.169 e. The summed E-state index contributed by atoms with van der Waals surface area (Å²) in [5.74, 6) is 0.615. The molecule has 0 atom stereocenters. The minimum Gasteiger partial charge on any atom is -1.00 e. The number of unbranched alkanes of at least 4 members (excludes halogenated alkanes) is 7. The second-order valence-corrected chi connectivity index (χ2v) is 10.4. The summed E-state index contributed by atoms with van der Waals surface area (Å²) in [6.45, 7) is 2.12. The molecule has 6 heteroatoms. The zero-order valence-electron chi connectivity index (χ0n) is 24.2. The maximum atomic E-state index is 9.88. The van der Waals surface area contributed by atoms with Crippen LogP contribution in [0.4, 0.5) is 0 Å². The van der Waals surface area contributed by atoms with Crippen molar-refractivity contribution in [1.29, 1.82) is 0 Å². The van der Waals surface area contributed by atoms with E-state index in [1.54, 1.807) is 12.1 Å². The van der Waals surface area contributed by atoms with Gasteiger partial charge in [0, 0.05) is 48.2 Å². The van der Waals surface area contributed by atoms with Crippen LogP contribution in [0.3, 0.4) is 0 Å². The lowest BCUT2D eigenvalue weighted by atomic mass is 10.1. The Balaban J connectivity index is 0.00000308. The Labute approximate surface area is 272 Å². The Morgan fingerprint density at radius 2 is 0.762 bits per heavy atom. The molecule has 0 aliphatic heterocycles. The monoisotopic (exact) mass is 692 g/mol. The van der Waals surface area contributed by atoms with Gasteiger partial charge in [-0.05, 0) is 36.1 Å². The van der Waals surface area contributed by atoms with E-state index in [2.05, 4.69) is 58.2 Å². The number of hydrogen-bond acceptors (Lipinski definition) is 2.